The molecule has 0 N–H and O–H groups in total. The highest BCUT2D eigenvalue weighted by molar-refractivity contribution is 7.15. The van der Waals surface area contributed by atoms with Gasteiger partial charge in [0.25, 0.3) is 5.91 Å². The molecule has 2 aliphatic heterocycles. The third-order valence-electron chi connectivity index (χ3n) is 6.07. The number of benzene rings is 1. The van der Waals surface area contributed by atoms with Gasteiger partial charge in [-0.25, -0.2) is 9.37 Å². The molecule has 3 aromatic rings. The maximum Gasteiger partial charge on any atom is 0.271 e. The zero-order chi connectivity index (χ0) is 19.8. The molecule has 0 saturated carbocycles. The lowest BCUT2D eigenvalue weighted by atomic mass is 9.97. The number of carbonyl (C=O) groups excluding carboxylic acids is 1. The van der Waals surface area contributed by atoms with Gasteiger partial charge in [0.05, 0.1) is 5.69 Å². The first-order chi connectivity index (χ1) is 14.2. The monoisotopic (exact) mass is 412 g/mol. The van der Waals surface area contributed by atoms with Crippen molar-refractivity contribution in [2.45, 2.75) is 25.7 Å². The number of aromatic nitrogens is 2. The van der Waals surface area contributed by atoms with Gasteiger partial charge < -0.3 is 9.80 Å². The molecule has 2 saturated heterocycles. The lowest BCUT2D eigenvalue weighted by Crippen LogP contribution is -2.43. The average molecular weight is 413 g/mol. The number of amides is 1. The lowest BCUT2D eigenvalue weighted by molar-refractivity contribution is 0.0641. The van der Waals surface area contributed by atoms with E-state index < -0.39 is 0 Å². The smallest absolute Gasteiger partial charge is 0.271 e. The van der Waals surface area contributed by atoms with Gasteiger partial charge in [-0.15, -0.1) is 11.3 Å². The molecule has 0 unspecified atom stereocenters. The molecule has 4 heterocycles. The summed E-state index contributed by atoms with van der Waals surface area (Å²) in [6.07, 6.45) is 6.72. The van der Waals surface area contributed by atoms with Crippen LogP contribution in [0.25, 0.3) is 16.2 Å². The second kappa shape index (κ2) is 7.88. The van der Waals surface area contributed by atoms with Crippen molar-refractivity contribution < 1.29 is 9.18 Å². The van der Waals surface area contributed by atoms with Crippen molar-refractivity contribution >= 4 is 22.2 Å². The second-order valence-corrected chi connectivity index (χ2v) is 9.01. The van der Waals surface area contributed by atoms with Gasteiger partial charge in [0.2, 0.25) is 0 Å². The van der Waals surface area contributed by atoms with E-state index in [2.05, 4.69) is 9.88 Å². The molecule has 0 radical (unpaired) electrons. The summed E-state index contributed by atoms with van der Waals surface area (Å²) in [5.41, 5.74) is 2.07. The fraction of sp³-hybridized carbons (Fsp3) is 0.455. The number of carbonyl (C=O) groups is 1. The molecule has 152 valence electrons. The van der Waals surface area contributed by atoms with Gasteiger partial charge in [0, 0.05) is 36.8 Å². The summed E-state index contributed by atoms with van der Waals surface area (Å²) in [5, 5.41) is 1.89. The lowest BCUT2D eigenvalue weighted by Gasteiger charge is -2.34. The van der Waals surface area contributed by atoms with Crippen LogP contribution in [0.5, 0.6) is 0 Å². The van der Waals surface area contributed by atoms with Gasteiger partial charge in [-0.3, -0.25) is 9.20 Å². The van der Waals surface area contributed by atoms with Crippen LogP contribution in [-0.4, -0.2) is 57.8 Å². The van der Waals surface area contributed by atoms with Crippen LogP contribution in [0, 0.1) is 11.7 Å². The Morgan fingerprint density at radius 2 is 2.07 bits per heavy atom. The molecule has 2 fully saturated rings. The normalized spacial score (nSPS) is 20.6. The van der Waals surface area contributed by atoms with Crippen LogP contribution in [0.15, 0.2) is 35.8 Å². The first-order valence-corrected chi connectivity index (χ1v) is 11.3. The summed E-state index contributed by atoms with van der Waals surface area (Å²) in [6.45, 7) is 5.16. The second-order valence-electron chi connectivity index (χ2n) is 8.18. The number of hydrogen-bond acceptors (Lipinski definition) is 4. The van der Waals surface area contributed by atoms with E-state index in [1.807, 2.05) is 26.9 Å². The summed E-state index contributed by atoms with van der Waals surface area (Å²) in [7, 11) is 0. The summed E-state index contributed by atoms with van der Waals surface area (Å²) in [6, 6.07) is 6.41. The van der Waals surface area contributed by atoms with E-state index in [0.29, 0.717) is 17.3 Å². The van der Waals surface area contributed by atoms with Crippen molar-refractivity contribution in [2.24, 2.45) is 5.92 Å². The number of halogens is 1. The summed E-state index contributed by atoms with van der Waals surface area (Å²) < 4.78 is 15.4. The largest absolute Gasteiger partial charge is 0.337 e. The Hall–Kier alpha value is -2.25. The standard InChI is InChI=1S/C22H25FN4OS/c23-18-7-3-6-17(11-18)19-14-27-20(15-29-22(27)24-19)21(28)26-10-4-5-16(13-26)12-25-8-1-2-9-25/h3,6-7,11,14-16H,1-2,4-5,8-10,12-13H2/t16-/m1/s1. The predicted octanol–water partition coefficient (Wildman–Crippen LogP) is 4.15. The van der Waals surface area contributed by atoms with Gasteiger partial charge >= 0.3 is 0 Å². The van der Waals surface area contributed by atoms with Gasteiger partial charge in [-0.1, -0.05) is 12.1 Å². The third-order valence-corrected chi connectivity index (χ3v) is 6.91. The maximum absolute atomic E-state index is 13.6. The highest BCUT2D eigenvalue weighted by Crippen LogP contribution is 2.26. The molecule has 2 aromatic heterocycles. The number of piperidine rings is 1. The van der Waals surface area contributed by atoms with Crippen molar-refractivity contribution in [1.82, 2.24) is 19.2 Å². The summed E-state index contributed by atoms with van der Waals surface area (Å²) in [5.74, 6) is 0.351. The van der Waals surface area contributed by atoms with E-state index in [1.54, 1.807) is 6.07 Å². The number of imidazole rings is 1. The minimum atomic E-state index is -0.285. The van der Waals surface area contributed by atoms with E-state index in [1.165, 1.54) is 55.8 Å². The molecule has 0 bridgehead atoms. The fourth-order valence-electron chi connectivity index (χ4n) is 4.62. The van der Waals surface area contributed by atoms with Crippen LogP contribution < -0.4 is 0 Å². The molecule has 0 aliphatic carbocycles. The number of likely N-dealkylation sites (tertiary alicyclic amines) is 2. The molecule has 5 rings (SSSR count). The van der Waals surface area contributed by atoms with Gasteiger partial charge in [0.15, 0.2) is 4.96 Å². The zero-order valence-corrected chi connectivity index (χ0v) is 17.2. The molecule has 1 amide bonds. The van der Waals surface area contributed by atoms with Crippen molar-refractivity contribution in [1.29, 1.82) is 0 Å². The van der Waals surface area contributed by atoms with Gasteiger partial charge in [-0.05, 0) is 56.8 Å². The fourth-order valence-corrected chi connectivity index (χ4v) is 5.46. The molecule has 0 spiro atoms. The molecule has 1 atom stereocenters. The Morgan fingerprint density at radius 1 is 1.21 bits per heavy atom. The topological polar surface area (TPSA) is 40.9 Å². The Morgan fingerprint density at radius 3 is 2.90 bits per heavy atom. The van der Waals surface area contributed by atoms with Crippen molar-refractivity contribution in [3.05, 3.63) is 47.4 Å². The molecule has 2 aliphatic rings. The van der Waals surface area contributed by atoms with Crippen LogP contribution in [0.1, 0.15) is 36.2 Å². The maximum atomic E-state index is 13.6. The van der Waals surface area contributed by atoms with Gasteiger partial charge in [-0.2, -0.15) is 0 Å². The quantitative estimate of drug-likeness (QED) is 0.646. The molecule has 1 aromatic carbocycles. The number of thiazole rings is 1. The highest BCUT2D eigenvalue weighted by Gasteiger charge is 2.28. The highest BCUT2D eigenvalue weighted by atomic mass is 32.1. The van der Waals surface area contributed by atoms with Crippen molar-refractivity contribution in [2.75, 3.05) is 32.7 Å². The van der Waals surface area contributed by atoms with Crippen molar-refractivity contribution in [3.8, 4) is 11.3 Å². The van der Waals surface area contributed by atoms with Crippen LogP contribution in [0.3, 0.4) is 0 Å². The molecular weight excluding hydrogens is 387 g/mol. The van der Waals surface area contributed by atoms with E-state index in [-0.39, 0.29) is 11.7 Å². The molecule has 7 heteroatoms. The van der Waals surface area contributed by atoms with Gasteiger partial charge in [0.1, 0.15) is 11.5 Å². The van der Waals surface area contributed by atoms with Crippen LogP contribution in [-0.2, 0) is 0 Å². The Kier molecular flexibility index (Phi) is 5.09. The van der Waals surface area contributed by atoms with Crippen molar-refractivity contribution in [3.63, 3.8) is 0 Å². The predicted molar refractivity (Wildman–Crippen MR) is 113 cm³/mol. The number of nitrogens with zero attached hydrogens (tertiary/aromatic N) is 4. The Labute approximate surface area is 173 Å². The number of rotatable bonds is 4. The summed E-state index contributed by atoms with van der Waals surface area (Å²) >= 11 is 1.46. The summed E-state index contributed by atoms with van der Waals surface area (Å²) in [4.78, 5) is 23.2. The van der Waals surface area contributed by atoms with E-state index in [4.69, 9.17) is 0 Å². The van der Waals surface area contributed by atoms with E-state index >= 15 is 0 Å². The molecule has 5 nitrogen and oxygen atoms in total. The van der Waals surface area contributed by atoms with Crippen LogP contribution >= 0.6 is 11.3 Å². The SMILES string of the molecule is O=C(c1csc2nc(-c3cccc(F)c3)cn12)N1CCC[C@H](CN2CCCC2)C1. The molecular formula is C22H25FN4OS. The third kappa shape index (κ3) is 3.81. The first kappa shape index (κ1) is 18.8. The Balaban J connectivity index is 1.35. The number of fused-ring (bicyclic) bond motifs is 1. The van der Waals surface area contributed by atoms with E-state index in [0.717, 1.165) is 36.6 Å². The van der Waals surface area contributed by atoms with E-state index in [9.17, 15) is 9.18 Å². The van der Waals surface area contributed by atoms with Crippen LogP contribution in [0.4, 0.5) is 4.39 Å². The average Bonchev–Trinajstić information content (AvgIpc) is 3.45. The number of hydrogen-bond donors (Lipinski definition) is 0. The minimum absolute atomic E-state index is 0.0746. The minimum Gasteiger partial charge on any atom is -0.337 e. The zero-order valence-electron chi connectivity index (χ0n) is 16.4. The first-order valence-electron chi connectivity index (χ1n) is 10.4. The van der Waals surface area contributed by atoms with Crippen LogP contribution in [0.2, 0.25) is 0 Å². The molecule has 29 heavy (non-hydrogen) atoms. The Bertz CT molecular complexity index is 1020.